The van der Waals surface area contributed by atoms with Gasteiger partial charge in [-0.05, 0) is 29.6 Å². The fraction of sp³-hybridized carbons (Fsp3) is 0.188. The molecule has 3 rings (SSSR count). The zero-order valence-corrected chi connectivity index (χ0v) is 14.0. The molecule has 25 heavy (non-hydrogen) atoms. The average Bonchev–Trinajstić information content (AvgIpc) is 3.21. The van der Waals surface area contributed by atoms with Crippen molar-refractivity contribution in [3.05, 3.63) is 63.4 Å². The van der Waals surface area contributed by atoms with E-state index < -0.39 is 17.5 Å². The molecule has 0 atom stereocenters. The van der Waals surface area contributed by atoms with E-state index in [0.717, 1.165) is 17.0 Å². The van der Waals surface area contributed by atoms with E-state index >= 15 is 0 Å². The second-order valence-corrected chi connectivity index (χ2v) is 6.20. The first kappa shape index (κ1) is 17.0. The smallest absolute Gasteiger partial charge is 0.346 e. The van der Waals surface area contributed by atoms with Crippen molar-refractivity contribution in [3.63, 3.8) is 0 Å². The van der Waals surface area contributed by atoms with Crippen LogP contribution < -0.4 is 11.0 Å². The number of benzene rings is 1. The van der Waals surface area contributed by atoms with Gasteiger partial charge in [-0.2, -0.15) is 0 Å². The topological polar surface area (TPSA) is 68.9 Å². The van der Waals surface area contributed by atoms with Crippen molar-refractivity contribution in [3.8, 4) is 10.7 Å². The largest absolute Gasteiger partial charge is 0.350 e. The molecule has 0 saturated carbocycles. The quantitative estimate of drug-likeness (QED) is 0.753. The second-order valence-electron chi connectivity index (χ2n) is 5.25. The molecule has 9 heteroatoms. The lowest BCUT2D eigenvalue weighted by Gasteiger charge is -2.05. The minimum absolute atomic E-state index is 0.00606. The molecule has 2 heterocycles. The molecule has 0 spiro atoms. The molecule has 0 radical (unpaired) electrons. The van der Waals surface area contributed by atoms with Crippen LogP contribution >= 0.6 is 11.3 Å². The number of hydrogen-bond acceptors (Lipinski definition) is 4. The number of nitrogens with one attached hydrogen (secondary N) is 1. The Bertz CT molecular complexity index is 963. The van der Waals surface area contributed by atoms with Gasteiger partial charge in [0, 0.05) is 19.2 Å². The van der Waals surface area contributed by atoms with Crippen molar-refractivity contribution >= 4 is 17.2 Å². The zero-order valence-electron chi connectivity index (χ0n) is 13.2. The molecule has 1 aromatic carbocycles. The van der Waals surface area contributed by atoms with Gasteiger partial charge >= 0.3 is 5.69 Å². The molecule has 0 unspecified atom stereocenters. The summed E-state index contributed by atoms with van der Waals surface area (Å²) in [4.78, 5) is 25.0. The van der Waals surface area contributed by atoms with E-state index in [1.165, 1.54) is 26.7 Å². The molecule has 1 N–H and O–H groups in total. The van der Waals surface area contributed by atoms with Crippen LogP contribution in [0.4, 0.5) is 8.78 Å². The van der Waals surface area contributed by atoms with E-state index in [-0.39, 0.29) is 24.3 Å². The summed E-state index contributed by atoms with van der Waals surface area (Å²) < 4.78 is 28.7. The number of thiophene rings is 1. The van der Waals surface area contributed by atoms with Gasteiger partial charge in [-0.3, -0.25) is 9.36 Å². The summed E-state index contributed by atoms with van der Waals surface area (Å²) in [5, 5.41) is 8.70. The van der Waals surface area contributed by atoms with Crippen LogP contribution in [0.15, 0.2) is 40.5 Å². The SMILES string of the molecule is Cn1c(-c2cccs2)nn(CCNC(=O)c2ccc(F)c(F)c2)c1=O. The monoisotopic (exact) mass is 364 g/mol. The number of aromatic nitrogens is 3. The number of rotatable bonds is 5. The van der Waals surface area contributed by atoms with Gasteiger partial charge in [0.05, 0.1) is 11.4 Å². The number of halogens is 2. The summed E-state index contributed by atoms with van der Waals surface area (Å²) in [5.74, 6) is -2.11. The summed E-state index contributed by atoms with van der Waals surface area (Å²) in [6, 6.07) is 6.63. The van der Waals surface area contributed by atoms with E-state index in [4.69, 9.17) is 0 Å². The van der Waals surface area contributed by atoms with E-state index in [0.29, 0.717) is 5.82 Å². The number of amides is 1. The van der Waals surface area contributed by atoms with Gasteiger partial charge in [-0.1, -0.05) is 6.07 Å². The summed E-state index contributed by atoms with van der Waals surface area (Å²) in [7, 11) is 1.63. The third kappa shape index (κ3) is 3.50. The molecule has 6 nitrogen and oxygen atoms in total. The highest BCUT2D eigenvalue weighted by molar-refractivity contribution is 7.13. The number of carbonyl (C=O) groups is 1. The average molecular weight is 364 g/mol. The first-order chi connectivity index (χ1) is 12.0. The molecule has 2 aromatic heterocycles. The summed E-state index contributed by atoms with van der Waals surface area (Å²) in [6.07, 6.45) is 0. The van der Waals surface area contributed by atoms with Gasteiger partial charge < -0.3 is 5.32 Å². The predicted octanol–water partition coefficient (Wildman–Crippen LogP) is 2.02. The molecule has 0 fully saturated rings. The van der Waals surface area contributed by atoms with Crippen molar-refractivity contribution in [1.29, 1.82) is 0 Å². The van der Waals surface area contributed by atoms with Crippen LogP contribution in [-0.2, 0) is 13.6 Å². The van der Waals surface area contributed by atoms with Crippen molar-refractivity contribution in [2.24, 2.45) is 7.05 Å². The Balaban J connectivity index is 1.66. The Morgan fingerprint density at radius 2 is 2.08 bits per heavy atom. The van der Waals surface area contributed by atoms with Gasteiger partial charge in [0.2, 0.25) is 0 Å². The van der Waals surface area contributed by atoms with Crippen LogP contribution in [0.1, 0.15) is 10.4 Å². The van der Waals surface area contributed by atoms with Crippen molar-refractivity contribution in [1.82, 2.24) is 19.7 Å². The van der Waals surface area contributed by atoms with E-state index in [2.05, 4.69) is 10.4 Å². The van der Waals surface area contributed by atoms with Crippen LogP contribution in [0.2, 0.25) is 0 Å². The minimum atomic E-state index is -1.09. The van der Waals surface area contributed by atoms with E-state index in [1.807, 2.05) is 17.5 Å². The summed E-state index contributed by atoms with van der Waals surface area (Å²) in [5.41, 5.74) is -0.294. The van der Waals surface area contributed by atoms with Gasteiger partial charge in [0.15, 0.2) is 17.5 Å². The van der Waals surface area contributed by atoms with E-state index in [1.54, 1.807) is 7.05 Å². The van der Waals surface area contributed by atoms with Crippen molar-refractivity contribution < 1.29 is 13.6 Å². The fourth-order valence-corrected chi connectivity index (χ4v) is 3.01. The lowest BCUT2D eigenvalue weighted by atomic mass is 10.2. The molecule has 3 aromatic rings. The maximum absolute atomic E-state index is 13.1. The first-order valence-electron chi connectivity index (χ1n) is 7.38. The number of nitrogens with zero attached hydrogens (tertiary/aromatic N) is 3. The normalized spacial score (nSPS) is 10.8. The van der Waals surface area contributed by atoms with Crippen LogP contribution in [-0.4, -0.2) is 26.8 Å². The highest BCUT2D eigenvalue weighted by Gasteiger charge is 2.13. The van der Waals surface area contributed by atoms with Crippen LogP contribution in [0.25, 0.3) is 10.7 Å². The molecule has 130 valence electrons. The summed E-state index contributed by atoms with van der Waals surface area (Å²) >= 11 is 1.47. The molecular weight excluding hydrogens is 350 g/mol. The molecule has 1 amide bonds. The zero-order chi connectivity index (χ0) is 18.0. The molecule has 0 aliphatic rings. The Labute approximate surface area is 145 Å². The van der Waals surface area contributed by atoms with Crippen LogP contribution in [0.5, 0.6) is 0 Å². The van der Waals surface area contributed by atoms with Gasteiger partial charge in [0.25, 0.3) is 5.91 Å². The third-order valence-electron chi connectivity index (χ3n) is 3.57. The van der Waals surface area contributed by atoms with Gasteiger partial charge in [0.1, 0.15) is 0 Å². The predicted molar refractivity (Wildman–Crippen MR) is 89.5 cm³/mol. The standard InChI is InChI=1S/C16H14F2N4O2S/c1-21-14(13-3-2-8-25-13)20-22(16(21)24)7-6-19-15(23)10-4-5-11(17)12(18)9-10/h2-5,8-9H,6-7H2,1H3,(H,19,23). The first-order valence-corrected chi connectivity index (χ1v) is 8.26. The molecule has 0 saturated heterocycles. The molecule has 0 aliphatic heterocycles. The molecule has 0 aliphatic carbocycles. The Morgan fingerprint density at radius 1 is 1.28 bits per heavy atom. The molecular formula is C16H14F2N4O2S. The van der Waals surface area contributed by atoms with Gasteiger partial charge in [-0.25, -0.2) is 18.3 Å². The fourth-order valence-electron chi connectivity index (χ4n) is 2.27. The maximum Gasteiger partial charge on any atom is 0.346 e. The maximum atomic E-state index is 13.1. The highest BCUT2D eigenvalue weighted by Crippen LogP contribution is 2.20. The lowest BCUT2D eigenvalue weighted by Crippen LogP contribution is -2.31. The second kappa shape index (κ2) is 6.98. The minimum Gasteiger partial charge on any atom is -0.350 e. The summed E-state index contributed by atoms with van der Waals surface area (Å²) in [6.45, 7) is 0.284. The highest BCUT2D eigenvalue weighted by atomic mass is 32.1. The Morgan fingerprint density at radius 3 is 2.76 bits per heavy atom. The van der Waals surface area contributed by atoms with Crippen LogP contribution in [0, 0.1) is 11.6 Å². The Hall–Kier alpha value is -2.81. The van der Waals surface area contributed by atoms with Gasteiger partial charge in [-0.15, -0.1) is 16.4 Å². The van der Waals surface area contributed by atoms with Crippen molar-refractivity contribution in [2.45, 2.75) is 6.54 Å². The number of hydrogen-bond donors (Lipinski definition) is 1. The Kier molecular flexibility index (Phi) is 4.75. The third-order valence-corrected chi connectivity index (χ3v) is 4.44. The van der Waals surface area contributed by atoms with E-state index in [9.17, 15) is 18.4 Å². The molecule has 0 bridgehead atoms. The van der Waals surface area contributed by atoms with Crippen LogP contribution in [0.3, 0.4) is 0 Å². The van der Waals surface area contributed by atoms with Crippen molar-refractivity contribution in [2.75, 3.05) is 6.54 Å². The number of carbonyl (C=O) groups excluding carboxylic acids is 1. The lowest BCUT2D eigenvalue weighted by molar-refractivity contribution is 0.0951.